The van der Waals surface area contributed by atoms with Gasteiger partial charge in [-0.05, 0) is 12.8 Å². The highest BCUT2D eigenvalue weighted by Gasteiger charge is 2.20. The van der Waals surface area contributed by atoms with Crippen molar-refractivity contribution < 1.29 is 9.90 Å². The van der Waals surface area contributed by atoms with Crippen LogP contribution >= 0.6 is 0 Å². The van der Waals surface area contributed by atoms with Crippen LogP contribution in [0.3, 0.4) is 0 Å². The molecule has 5 heteroatoms. The van der Waals surface area contributed by atoms with E-state index < -0.39 is 5.97 Å². The minimum atomic E-state index is -0.888. The van der Waals surface area contributed by atoms with E-state index in [1.807, 2.05) is 53.8 Å². The van der Waals surface area contributed by atoms with Crippen molar-refractivity contribution >= 4 is 16.9 Å². The van der Waals surface area contributed by atoms with Crippen molar-refractivity contribution in [1.29, 1.82) is 0 Å². The van der Waals surface area contributed by atoms with Crippen LogP contribution in [0, 0.1) is 12.8 Å². The van der Waals surface area contributed by atoms with Crippen molar-refractivity contribution in [3.8, 4) is 11.1 Å². The van der Waals surface area contributed by atoms with Gasteiger partial charge in [0.25, 0.3) is 0 Å². The van der Waals surface area contributed by atoms with E-state index >= 15 is 0 Å². The molecule has 0 unspecified atom stereocenters. The van der Waals surface area contributed by atoms with Gasteiger partial charge in [0.15, 0.2) is 0 Å². The number of rotatable bonds is 4. The fourth-order valence-electron chi connectivity index (χ4n) is 3.12. The molecule has 1 aromatic carbocycles. The molecule has 0 aliphatic rings. The largest absolute Gasteiger partial charge is 0.478 e. The normalized spacial score (nSPS) is 11.5. The minimum absolute atomic E-state index is 0.374. The first-order valence-electron chi connectivity index (χ1n) is 7.74. The number of carboxylic acid groups (broad SMARTS) is 1. The van der Waals surface area contributed by atoms with Gasteiger partial charge in [-0.1, -0.05) is 32.0 Å². The molecule has 0 fully saturated rings. The smallest absolute Gasteiger partial charge is 0.338 e. The molecular formula is C18H21N3O2. The van der Waals surface area contributed by atoms with Gasteiger partial charge in [-0.25, -0.2) is 4.79 Å². The fourth-order valence-corrected chi connectivity index (χ4v) is 3.12. The van der Waals surface area contributed by atoms with Gasteiger partial charge in [-0.15, -0.1) is 0 Å². The number of para-hydroxylation sites is 1. The molecule has 2 aromatic heterocycles. The fraction of sp³-hybridized carbons (Fsp3) is 0.333. The summed E-state index contributed by atoms with van der Waals surface area (Å²) in [6, 6.07) is 5.79. The molecule has 3 aromatic rings. The van der Waals surface area contributed by atoms with Crippen LogP contribution < -0.4 is 0 Å². The number of aromatic carboxylic acids is 1. The standard InChI is InChI=1S/C18H21N3O2/c1-11(2)9-21-10-13(8-19-21)14-6-5-7-15-16(18(22)23)12(3)20(4)17(14)15/h5-8,10-11H,9H2,1-4H3,(H,22,23). The van der Waals surface area contributed by atoms with Crippen LogP contribution in [-0.4, -0.2) is 25.4 Å². The van der Waals surface area contributed by atoms with E-state index in [1.165, 1.54) is 0 Å². The van der Waals surface area contributed by atoms with E-state index in [0.29, 0.717) is 11.5 Å². The lowest BCUT2D eigenvalue weighted by Gasteiger charge is -2.06. The Kier molecular flexibility index (Phi) is 3.72. The summed E-state index contributed by atoms with van der Waals surface area (Å²) in [5.74, 6) is -0.366. The highest BCUT2D eigenvalue weighted by molar-refractivity contribution is 6.08. The predicted octanol–water partition coefficient (Wildman–Crippen LogP) is 3.70. The Labute approximate surface area is 135 Å². The van der Waals surface area contributed by atoms with Crippen molar-refractivity contribution in [3.63, 3.8) is 0 Å². The molecule has 3 rings (SSSR count). The maximum Gasteiger partial charge on any atom is 0.338 e. The summed E-state index contributed by atoms with van der Waals surface area (Å²) in [4.78, 5) is 11.6. The van der Waals surface area contributed by atoms with Crippen LogP contribution in [0.4, 0.5) is 0 Å². The lowest BCUT2D eigenvalue weighted by Crippen LogP contribution is -2.04. The summed E-state index contributed by atoms with van der Waals surface area (Å²) in [6.07, 6.45) is 3.87. The summed E-state index contributed by atoms with van der Waals surface area (Å²) in [5, 5.41) is 14.7. The average molecular weight is 311 g/mol. The van der Waals surface area contributed by atoms with Crippen LogP contribution in [0.25, 0.3) is 22.0 Å². The van der Waals surface area contributed by atoms with E-state index in [-0.39, 0.29) is 0 Å². The maximum absolute atomic E-state index is 11.6. The molecule has 23 heavy (non-hydrogen) atoms. The first kappa shape index (κ1) is 15.3. The Balaban J connectivity index is 2.21. The minimum Gasteiger partial charge on any atom is -0.478 e. The summed E-state index contributed by atoms with van der Waals surface area (Å²) < 4.78 is 3.89. The second-order valence-corrected chi connectivity index (χ2v) is 6.37. The number of aromatic nitrogens is 3. The molecule has 0 amide bonds. The second-order valence-electron chi connectivity index (χ2n) is 6.37. The van der Waals surface area contributed by atoms with Crippen molar-refractivity contribution in [1.82, 2.24) is 14.3 Å². The topological polar surface area (TPSA) is 60.0 Å². The summed E-state index contributed by atoms with van der Waals surface area (Å²) in [7, 11) is 1.91. The molecule has 0 saturated carbocycles. The van der Waals surface area contributed by atoms with E-state index in [2.05, 4.69) is 18.9 Å². The van der Waals surface area contributed by atoms with Crippen molar-refractivity contribution in [3.05, 3.63) is 41.9 Å². The monoisotopic (exact) mass is 311 g/mol. The zero-order valence-corrected chi connectivity index (χ0v) is 13.9. The van der Waals surface area contributed by atoms with Crippen molar-refractivity contribution in [2.45, 2.75) is 27.3 Å². The Morgan fingerprint density at radius 1 is 1.35 bits per heavy atom. The lowest BCUT2D eigenvalue weighted by molar-refractivity contribution is 0.0698. The number of hydrogen-bond donors (Lipinski definition) is 1. The molecule has 5 nitrogen and oxygen atoms in total. The number of carboxylic acids is 1. The number of aryl methyl sites for hydroxylation is 1. The molecular weight excluding hydrogens is 290 g/mol. The van der Waals surface area contributed by atoms with Gasteiger partial charge in [-0.2, -0.15) is 5.10 Å². The zero-order valence-electron chi connectivity index (χ0n) is 13.9. The Morgan fingerprint density at radius 2 is 2.09 bits per heavy atom. The molecule has 0 bridgehead atoms. The van der Waals surface area contributed by atoms with Crippen LogP contribution in [0.2, 0.25) is 0 Å². The van der Waals surface area contributed by atoms with Crippen LogP contribution in [0.1, 0.15) is 29.9 Å². The van der Waals surface area contributed by atoms with Gasteiger partial charge in [0.05, 0.1) is 17.3 Å². The number of hydrogen-bond acceptors (Lipinski definition) is 2. The highest BCUT2D eigenvalue weighted by Crippen LogP contribution is 2.33. The molecule has 0 aliphatic carbocycles. The Bertz CT molecular complexity index is 887. The number of nitrogens with zero attached hydrogens (tertiary/aromatic N) is 3. The van der Waals surface area contributed by atoms with Crippen LogP contribution in [0.15, 0.2) is 30.6 Å². The quantitative estimate of drug-likeness (QED) is 0.799. The zero-order chi connectivity index (χ0) is 16.7. The van der Waals surface area contributed by atoms with Gasteiger partial charge < -0.3 is 9.67 Å². The van der Waals surface area contributed by atoms with Gasteiger partial charge in [-0.3, -0.25) is 4.68 Å². The summed E-state index contributed by atoms with van der Waals surface area (Å²) in [5.41, 5.74) is 4.09. The molecule has 120 valence electrons. The van der Waals surface area contributed by atoms with Crippen molar-refractivity contribution in [2.75, 3.05) is 0 Å². The van der Waals surface area contributed by atoms with Crippen LogP contribution in [-0.2, 0) is 13.6 Å². The van der Waals surface area contributed by atoms with Crippen molar-refractivity contribution in [2.24, 2.45) is 13.0 Å². The molecule has 0 radical (unpaired) electrons. The lowest BCUT2D eigenvalue weighted by atomic mass is 10.0. The molecule has 0 atom stereocenters. The highest BCUT2D eigenvalue weighted by atomic mass is 16.4. The number of fused-ring (bicyclic) bond motifs is 1. The molecule has 0 saturated heterocycles. The molecule has 0 spiro atoms. The average Bonchev–Trinajstić information content (AvgIpc) is 3.02. The molecule has 1 N–H and O–H groups in total. The van der Waals surface area contributed by atoms with Gasteiger partial charge >= 0.3 is 5.97 Å². The molecule has 2 heterocycles. The van der Waals surface area contributed by atoms with Crippen LogP contribution in [0.5, 0.6) is 0 Å². The van der Waals surface area contributed by atoms with Gasteiger partial charge in [0.2, 0.25) is 0 Å². The first-order chi connectivity index (χ1) is 10.9. The van der Waals surface area contributed by atoms with E-state index in [1.54, 1.807) is 0 Å². The predicted molar refractivity (Wildman–Crippen MR) is 90.7 cm³/mol. The number of carbonyl (C=O) groups is 1. The third-order valence-electron chi connectivity index (χ3n) is 4.22. The third kappa shape index (κ3) is 2.52. The summed E-state index contributed by atoms with van der Waals surface area (Å²) >= 11 is 0. The first-order valence-corrected chi connectivity index (χ1v) is 7.74. The SMILES string of the molecule is Cc1c(C(=O)O)c2cccc(-c3cnn(CC(C)C)c3)c2n1C. The molecule has 0 aliphatic heterocycles. The van der Waals surface area contributed by atoms with E-state index in [0.717, 1.165) is 34.3 Å². The third-order valence-corrected chi connectivity index (χ3v) is 4.22. The van der Waals surface area contributed by atoms with Gasteiger partial charge in [0.1, 0.15) is 0 Å². The number of benzene rings is 1. The van der Waals surface area contributed by atoms with E-state index in [4.69, 9.17) is 0 Å². The summed E-state index contributed by atoms with van der Waals surface area (Å²) in [6.45, 7) is 7.02. The Hall–Kier alpha value is -2.56. The van der Waals surface area contributed by atoms with Gasteiger partial charge in [0, 0.05) is 42.0 Å². The Morgan fingerprint density at radius 3 is 2.74 bits per heavy atom. The maximum atomic E-state index is 11.6. The second kappa shape index (κ2) is 5.57. The van der Waals surface area contributed by atoms with E-state index in [9.17, 15) is 9.90 Å².